The van der Waals surface area contributed by atoms with Crippen LogP contribution in [-0.2, 0) is 4.79 Å². The van der Waals surface area contributed by atoms with Crippen LogP contribution in [0.5, 0.6) is 5.75 Å². The number of benzene rings is 1. The van der Waals surface area contributed by atoms with Crippen molar-refractivity contribution < 1.29 is 24.9 Å². The molecule has 6 heteroatoms. The van der Waals surface area contributed by atoms with Crippen LogP contribution in [0.1, 0.15) is 17.3 Å². The molecule has 0 spiro atoms. The second-order valence-corrected chi connectivity index (χ2v) is 3.24. The van der Waals surface area contributed by atoms with Gasteiger partial charge < -0.3 is 20.6 Å². The van der Waals surface area contributed by atoms with Crippen LogP contribution < -0.4 is 5.32 Å². The monoisotopic (exact) mass is 225 g/mol. The Balaban J connectivity index is 2.89. The lowest BCUT2D eigenvalue weighted by atomic mass is 10.1. The molecule has 1 atom stereocenters. The zero-order valence-corrected chi connectivity index (χ0v) is 8.47. The van der Waals surface area contributed by atoms with Crippen molar-refractivity contribution in [1.29, 1.82) is 0 Å². The van der Waals surface area contributed by atoms with Crippen LogP contribution in [0.15, 0.2) is 18.2 Å². The van der Waals surface area contributed by atoms with E-state index in [1.165, 1.54) is 25.1 Å². The predicted molar refractivity (Wildman–Crippen MR) is 55.8 cm³/mol. The van der Waals surface area contributed by atoms with Crippen molar-refractivity contribution in [3.05, 3.63) is 23.8 Å². The summed E-state index contributed by atoms with van der Waals surface area (Å²) in [6.07, 6.45) is 0. The van der Waals surface area contributed by atoms with E-state index in [2.05, 4.69) is 5.32 Å². The van der Waals surface area contributed by atoms with E-state index in [0.717, 1.165) is 0 Å². The molecule has 0 amide bonds. The van der Waals surface area contributed by atoms with Crippen LogP contribution >= 0.6 is 0 Å². The van der Waals surface area contributed by atoms with Crippen molar-refractivity contribution in [2.24, 2.45) is 0 Å². The van der Waals surface area contributed by atoms with Crippen molar-refractivity contribution in [2.75, 3.05) is 5.32 Å². The SMILES string of the molecule is CC(Nc1ccc(C(=O)O)c(O)c1)C(=O)O. The van der Waals surface area contributed by atoms with E-state index < -0.39 is 23.7 Å². The summed E-state index contributed by atoms with van der Waals surface area (Å²) in [5.74, 6) is -2.69. The first-order chi connectivity index (χ1) is 7.41. The van der Waals surface area contributed by atoms with Crippen LogP contribution in [0, 0.1) is 0 Å². The van der Waals surface area contributed by atoms with Crippen LogP contribution in [-0.4, -0.2) is 33.3 Å². The molecule has 16 heavy (non-hydrogen) atoms. The summed E-state index contributed by atoms with van der Waals surface area (Å²) in [7, 11) is 0. The Morgan fingerprint density at radius 1 is 1.31 bits per heavy atom. The van der Waals surface area contributed by atoms with Gasteiger partial charge in [-0.15, -0.1) is 0 Å². The molecule has 1 aromatic rings. The van der Waals surface area contributed by atoms with Crippen LogP contribution in [0.2, 0.25) is 0 Å². The molecule has 0 heterocycles. The molecule has 1 unspecified atom stereocenters. The lowest BCUT2D eigenvalue weighted by Gasteiger charge is -2.11. The summed E-state index contributed by atoms with van der Waals surface area (Å²) in [6, 6.07) is 2.94. The van der Waals surface area contributed by atoms with Gasteiger partial charge in [-0.1, -0.05) is 0 Å². The molecule has 1 rings (SSSR count). The van der Waals surface area contributed by atoms with E-state index in [4.69, 9.17) is 10.2 Å². The number of aromatic hydroxyl groups is 1. The number of anilines is 1. The zero-order chi connectivity index (χ0) is 12.3. The highest BCUT2D eigenvalue weighted by atomic mass is 16.4. The molecule has 0 aromatic heterocycles. The normalized spacial score (nSPS) is 11.8. The number of hydrogen-bond donors (Lipinski definition) is 4. The maximum absolute atomic E-state index is 10.6. The Morgan fingerprint density at radius 2 is 1.94 bits per heavy atom. The van der Waals surface area contributed by atoms with Crippen molar-refractivity contribution >= 4 is 17.6 Å². The molecule has 0 radical (unpaired) electrons. The van der Waals surface area contributed by atoms with Gasteiger partial charge in [0.15, 0.2) is 0 Å². The number of aromatic carboxylic acids is 1. The molecule has 0 saturated carbocycles. The topological polar surface area (TPSA) is 107 Å². The zero-order valence-electron chi connectivity index (χ0n) is 8.47. The van der Waals surface area contributed by atoms with Gasteiger partial charge in [-0.3, -0.25) is 4.79 Å². The molecule has 0 saturated heterocycles. The highest BCUT2D eigenvalue weighted by Gasteiger charge is 2.13. The third-order valence-electron chi connectivity index (χ3n) is 1.98. The molecule has 86 valence electrons. The number of nitrogens with one attached hydrogen (secondary N) is 1. The fraction of sp³-hybridized carbons (Fsp3) is 0.200. The molecule has 1 aromatic carbocycles. The Hall–Kier alpha value is -2.24. The number of aliphatic carboxylic acids is 1. The van der Waals surface area contributed by atoms with Gasteiger partial charge in [0.25, 0.3) is 0 Å². The largest absolute Gasteiger partial charge is 0.507 e. The first kappa shape index (κ1) is 11.8. The Bertz CT molecular complexity index is 429. The van der Waals surface area contributed by atoms with Crippen LogP contribution in [0.25, 0.3) is 0 Å². The molecule has 0 aliphatic rings. The van der Waals surface area contributed by atoms with Crippen LogP contribution in [0.4, 0.5) is 5.69 Å². The predicted octanol–water partition coefficient (Wildman–Crippen LogP) is 0.975. The summed E-state index contributed by atoms with van der Waals surface area (Å²) in [5, 5.41) is 29.2. The molecule has 0 bridgehead atoms. The van der Waals surface area contributed by atoms with Gasteiger partial charge in [0, 0.05) is 11.8 Å². The molecule has 0 aliphatic heterocycles. The van der Waals surface area contributed by atoms with E-state index in [9.17, 15) is 14.7 Å². The maximum Gasteiger partial charge on any atom is 0.339 e. The second kappa shape index (κ2) is 4.52. The van der Waals surface area contributed by atoms with Crippen LogP contribution in [0.3, 0.4) is 0 Å². The fourth-order valence-corrected chi connectivity index (χ4v) is 1.11. The van der Waals surface area contributed by atoms with Crippen molar-refractivity contribution in [3.63, 3.8) is 0 Å². The van der Waals surface area contributed by atoms with Crippen molar-refractivity contribution in [1.82, 2.24) is 0 Å². The van der Waals surface area contributed by atoms with E-state index in [-0.39, 0.29) is 5.56 Å². The van der Waals surface area contributed by atoms with E-state index in [1.54, 1.807) is 0 Å². The molecular weight excluding hydrogens is 214 g/mol. The van der Waals surface area contributed by atoms with Gasteiger partial charge in [-0.05, 0) is 19.1 Å². The fourth-order valence-electron chi connectivity index (χ4n) is 1.11. The van der Waals surface area contributed by atoms with Gasteiger partial charge in [0.1, 0.15) is 17.4 Å². The number of carbonyl (C=O) groups is 2. The second-order valence-electron chi connectivity index (χ2n) is 3.24. The molecule has 0 fully saturated rings. The van der Waals surface area contributed by atoms with Crippen molar-refractivity contribution in [3.8, 4) is 5.75 Å². The van der Waals surface area contributed by atoms with Crippen molar-refractivity contribution in [2.45, 2.75) is 13.0 Å². The minimum atomic E-state index is -1.24. The maximum atomic E-state index is 10.6. The average molecular weight is 225 g/mol. The summed E-state index contributed by atoms with van der Waals surface area (Å²) in [4.78, 5) is 21.1. The Kier molecular flexibility index (Phi) is 3.34. The molecule has 4 N–H and O–H groups in total. The quantitative estimate of drug-likeness (QED) is 0.608. The molecule has 6 nitrogen and oxygen atoms in total. The number of hydrogen-bond acceptors (Lipinski definition) is 4. The highest BCUT2D eigenvalue weighted by Crippen LogP contribution is 2.22. The van der Waals surface area contributed by atoms with E-state index >= 15 is 0 Å². The first-order valence-electron chi connectivity index (χ1n) is 4.47. The van der Waals surface area contributed by atoms with E-state index in [0.29, 0.717) is 5.69 Å². The van der Waals surface area contributed by atoms with E-state index in [1.807, 2.05) is 0 Å². The number of carboxylic acids is 2. The summed E-state index contributed by atoms with van der Waals surface area (Å²) in [5.41, 5.74) is 0.117. The minimum Gasteiger partial charge on any atom is -0.507 e. The minimum absolute atomic E-state index is 0.228. The number of phenols is 1. The Labute approximate surface area is 91.1 Å². The summed E-state index contributed by atoms with van der Waals surface area (Å²) in [6.45, 7) is 1.44. The van der Waals surface area contributed by atoms with Gasteiger partial charge in [-0.2, -0.15) is 0 Å². The third kappa shape index (κ3) is 2.63. The first-order valence-corrected chi connectivity index (χ1v) is 4.47. The lowest BCUT2D eigenvalue weighted by molar-refractivity contribution is -0.137. The van der Waals surface area contributed by atoms with Gasteiger partial charge in [0.05, 0.1) is 0 Å². The smallest absolute Gasteiger partial charge is 0.339 e. The summed E-state index contributed by atoms with van der Waals surface area (Å²) >= 11 is 0. The average Bonchev–Trinajstić information content (AvgIpc) is 2.16. The third-order valence-corrected chi connectivity index (χ3v) is 1.98. The number of rotatable bonds is 4. The Morgan fingerprint density at radius 3 is 2.38 bits per heavy atom. The van der Waals surface area contributed by atoms with Gasteiger partial charge in [-0.25, -0.2) is 4.79 Å². The molecule has 0 aliphatic carbocycles. The van der Waals surface area contributed by atoms with Gasteiger partial charge in [0.2, 0.25) is 0 Å². The summed E-state index contributed by atoms with van der Waals surface area (Å²) < 4.78 is 0. The lowest BCUT2D eigenvalue weighted by Crippen LogP contribution is -2.25. The number of carboxylic acid groups (broad SMARTS) is 2. The highest BCUT2D eigenvalue weighted by molar-refractivity contribution is 5.91. The molecular formula is C10H11NO5. The van der Waals surface area contributed by atoms with Gasteiger partial charge >= 0.3 is 11.9 Å². The standard InChI is InChI=1S/C10H11NO5/c1-5(9(13)14)11-6-2-3-7(10(15)16)8(12)4-6/h2-5,11-12H,1H3,(H,13,14)(H,15,16).